The van der Waals surface area contributed by atoms with Gasteiger partial charge in [0.1, 0.15) is 5.70 Å². The van der Waals surface area contributed by atoms with Crippen molar-refractivity contribution in [1.82, 2.24) is 14.8 Å². The standard InChI is InChI=1S/C27H29ClN4O2/c1-5-30(6-2)23-11-13-24(14-12-23)32-18(3)15-21(19(32)4)16-25-26(33)31(27(34)29-25)17-20-7-9-22(28)10-8-20/h7-16H,5-6,17H2,1-4H3,(H,29,34)/b25-16-. The number of benzene rings is 2. The zero-order valence-electron chi connectivity index (χ0n) is 19.9. The topological polar surface area (TPSA) is 57.6 Å². The second kappa shape index (κ2) is 9.77. The van der Waals surface area contributed by atoms with Crippen LogP contribution in [0.15, 0.2) is 60.3 Å². The van der Waals surface area contributed by atoms with Crippen LogP contribution in [0.4, 0.5) is 10.5 Å². The highest BCUT2D eigenvalue weighted by atomic mass is 35.5. The highest BCUT2D eigenvalue weighted by Crippen LogP contribution is 2.26. The summed E-state index contributed by atoms with van der Waals surface area (Å²) in [5, 5.41) is 3.33. The highest BCUT2D eigenvalue weighted by Gasteiger charge is 2.33. The van der Waals surface area contributed by atoms with Gasteiger partial charge in [-0.3, -0.25) is 9.69 Å². The lowest BCUT2D eigenvalue weighted by atomic mass is 10.2. The molecule has 2 heterocycles. The Morgan fingerprint density at radius 2 is 1.62 bits per heavy atom. The van der Waals surface area contributed by atoms with Crippen LogP contribution in [-0.2, 0) is 11.3 Å². The summed E-state index contributed by atoms with van der Waals surface area (Å²) in [4.78, 5) is 29.0. The van der Waals surface area contributed by atoms with Crippen LogP contribution in [0.2, 0.25) is 5.02 Å². The molecule has 2 aromatic carbocycles. The summed E-state index contributed by atoms with van der Waals surface area (Å²) in [5.41, 5.74) is 6.30. The number of hydrogen-bond donors (Lipinski definition) is 1. The molecular weight excluding hydrogens is 448 g/mol. The first-order chi connectivity index (χ1) is 16.3. The minimum Gasteiger partial charge on any atom is -0.372 e. The van der Waals surface area contributed by atoms with Crippen LogP contribution >= 0.6 is 11.6 Å². The van der Waals surface area contributed by atoms with Crippen molar-refractivity contribution in [2.24, 2.45) is 0 Å². The van der Waals surface area contributed by atoms with Crippen LogP contribution in [0.5, 0.6) is 0 Å². The van der Waals surface area contributed by atoms with Gasteiger partial charge in [0.2, 0.25) is 0 Å². The summed E-state index contributed by atoms with van der Waals surface area (Å²) in [6, 6.07) is 17.2. The Bertz CT molecular complexity index is 1240. The third-order valence-corrected chi connectivity index (χ3v) is 6.47. The number of nitrogens with one attached hydrogen (secondary N) is 1. The maximum atomic E-state index is 13.0. The fourth-order valence-corrected chi connectivity index (χ4v) is 4.50. The number of aryl methyl sites for hydroxylation is 1. The smallest absolute Gasteiger partial charge is 0.329 e. The van der Waals surface area contributed by atoms with Crippen molar-refractivity contribution in [2.45, 2.75) is 34.2 Å². The number of carbonyl (C=O) groups is 2. The van der Waals surface area contributed by atoms with Crippen molar-refractivity contribution in [1.29, 1.82) is 0 Å². The average molecular weight is 477 g/mol. The maximum absolute atomic E-state index is 13.0. The first-order valence-corrected chi connectivity index (χ1v) is 11.8. The second-order valence-corrected chi connectivity index (χ2v) is 8.79. The third kappa shape index (κ3) is 4.59. The van der Waals surface area contributed by atoms with Crippen LogP contribution < -0.4 is 10.2 Å². The van der Waals surface area contributed by atoms with Gasteiger partial charge in [-0.1, -0.05) is 23.7 Å². The van der Waals surface area contributed by atoms with Crippen molar-refractivity contribution in [3.05, 3.63) is 87.8 Å². The first kappa shape index (κ1) is 23.6. The minimum absolute atomic E-state index is 0.192. The molecule has 176 valence electrons. The molecule has 1 saturated heterocycles. The van der Waals surface area contributed by atoms with E-state index < -0.39 is 6.03 Å². The minimum atomic E-state index is -0.424. The number of nitrogens with zero attached hydrogens (tertiary/aromatic N) is 3. The van der Waals surface area contributed by atoms with E-state index in [4.69, 9.17) is 11.6 Å². The molecule has 0 saturated carbocycles. The number of halogens is 1. The summed E-state index contributed by atoms with van der Waals surface area (Å²) in [5.74, 6) is -0.340. The van der Waals surface area contributed by atoms with E-state index in [1.165, 1.54) is 10.6 Å². The molecule has 6 nitrogen and oxygen atoms in total. The number of hydrogen-bond acceptors (Lipinski definition) is 3. The Labute approximate surface area is 205 Å². The molecule has 1 aliphatic rings. The number of carbonyl (C=O) groups excluding carboxylic acids is 2. The fourth-order valence-electron chi connectivity index (χ4n) is 4.38. The molecule has 1 fully saturated rings. The van der Waals surface area contributed by atoms with Gasteiger partial charge in [-0.15, -0.1) is 0 Å². The van der Waals surface area contributed by atoms with E-state index in [0.717, 1.165) is 41.3 Å². The predicted molar refractivity (Wildman–Crippen MR) is 137 cm³/mol. The molecule has 34 heavy (non-hydrogen) atoms. The lowest BCUT2D eigenvalue weighted by Crippen LogP contribution is -2.30. The summed E-state index contributed by atoms with van der Waals surface area (Å²) in [7, 11) is 0. The molecular formula is C27H29ClN4O2. The Hall–Kier alpha value is -3.51. The zero-order chi connectivity index (χ0) is 24.4. The van der Waals surface area contributed by atoms with E-state index in [-0.39, 0.29) is 18.1 Å². The van der Waals surface area contributed by atoms with E-state index in [1.54, 1.807) is 18.2 Å². The van der Waals surface area contributed by atoms with Gasteiger partial charge in [0.05, 0.1) is 6.54 Å². The number of anilines is 1. The molecule has 1 aliphatic heterocycles. The summed E-state index contributed by atoms with van der Waals surface area (Å²) in [6.45, 7) is 10.5. The van der Waals surface area contributed by atoms with Crippen molar-refractivity contribution in [3.8, 4) is 5.69 Å². The molecule has 0 unspecified atom stereocenters. The molecule has 4 rings (SSSR count). The predicted octanol–water partition coefficient (Wildman–Crippen LogP) is 5.69. The quantitative estimate of drug-likeness (QED) is 0.352. The number of rotatable bonds is 7. The van der Waals surface area contributed by atoms with Gasteiger partial charge >= 0.3 is 6.03 Å². The largest absolute Gasteiger partial charge is 0.372 e. The first-order valence-electron chi connectivity index (χ1n) is 11.5. The van der Waals surface area contributed by atoms with E-state index >= 15 is 0 Å². The number of amides is 3. The average Bonchev–Trinajstić information content (AvgIpc) is 3.25. The van der Waals surface area contributed by atoms with Crippen LogP contribution in [-0.4, -0.2) is 34.5 Å². The van der Waals surface area contributed by atoms with Crippen molar-refractivity contribution >= 4 is 35.3 Å². The fraction of sp³-hybridized carbons (Fsp3) is 0.259. The molecule has 0 aliphatic carbocycles. The lowest BCUT2D eigenvalue weighted by molar-refractivity contribution is -0.123. The second-order valence-electron chi connectivity index (χ2n) is 8.36. The molecule has 1 aromatic heterocycles. The van der Waals surface area contributed by atoms with Gasteiger partial charge in [0.25, 0.3) is 5.91 Å². The Morgan fingerprint density at radius 3 is 2.24 bits per heavy atom. The normalized spacial score (nSPS) is 14.7. The molecule has 0 radical (unpaired) electrons. The van der Waals surface area contributed by atoms with E-state index in [9.17, 15) is 9.59 Å². The maximum Gasteiger partial charge on any atom is 0.329 e. The van der Waals surface area contributed by atoms with E-state index in [1.807, 2.05) is 32.0 Å². The van der Waals surface area contributed by atoms with Crippen LogP contribution in [0.3, 0.4) is 0 Å². The van der Waals surface area contributed by atoms with Crippen molar-refractivity contribution in [2.75, 3.05) is 18.0 Å². The van der Waals surface area contributed by atoms with Crippen LogP contribution in [0.1, 0.15) is 36.4 Å². The zero-order valence-corrected chi connectivity index (χ0v) is 20.7. The Morgan fingerprint density at radius 1 is 0.971 bits per heavy atom. The Balaban J connectivity index is 1.58. The van der Waals surface area contributed by atoms with Gasteiger partial charge in [-0.05, 0) is 87.4 Å². The van der Waals surface area contributed by atoms with Gasteiger partial charge in [0.15, 0.2) is 0 Å². The van der Waals surface area contributed by atoms with E-state index in [0.29, 0.717) is 5.02 Å². The number of imide groups is 1. The summed E-state index contributed by atoms with van der Waals surface area (Å²) >= 11 is 5.93. The van der Waals surface area contributed by atoms with Gasteiger partial charge in [0, 0.05) is 40.9 Å². The Kier molecular flexibility index (Phi) is 6.80. The molecule has 3 aromatic rings. The third-order valence-electron chi connectivity index (χ3n) is 6.22. The van der Waals surface area contributed by atoms with Crippen molar-refractivity contribution in [3.63, 3.8) is 0 Å². The summed E-state index contributed by atoms with van der Waals surface area (Å²) in [6.07, 6.45) is 1.76. The lowest BCUT2D eigenvalue weighted by Gasteiger charge is -2.21. The monoisotopic (exact) mass is 476 g/mol. The van der Waals surface area contributed by atoms with E-state index in [2.05, 4.69) is 52.9 Å². The van der Waals surface area contributed by atoms with Crippen LogP contribution in [0.25, 0.3) is 11.8 Å². The van der Waals surface area contributed by atoms with Gasteiger partial charge in [-0.2, -0.15) is 0 Å². The molecule has 0 bridgehead atoms. The molecule has 0 atom stereocenters. The number of aromatic nitrogens is 1. The molecule has 7 heteroatoms. The number of urea groups is 1. The molecule has 3 amide bonds. The summed E-state index contributed by atoms with van der Waals surface area (Å²) < 4.78 is 2.16. The van der Waals surface area contributed by atoms with Gasteiger partial charge in [-0.25, -0.2) is 4.79 Å². The molecule has 0 spiro atoms. The van der Waals surface area contributed by atoms with Gasteiger partial charge < -0.3 is 14.8 Å². The van der Waals surface area contributed by atoms with Crippen molar-refractivity contribution < 1.29 is 9.59 Å². The highest BCUT2D eigenvalue weighted by molar-refractivity contribution is 6.30. The van der Waals surface area contributed by atoms with Crippen LogP contribution in [0, 0.1) is 13.8 Å². The SMILES string of the molecule is CCN(CC)c1ccc(-n2c(C)cc(/C=C3\NC(=O)N(Cc4ccc(Cl)cc4)C3=O)c2C)cc1. The molecule has 1 N–H and O–H groups in total.